The van der Waals surface area contributed by atoms with Gasteiger partial charge in [-0.15, -0.1) is 13.2 Å². The van der Waals surface area contributed by atoms with E-state index in [2.05, 4.69) is 20.1 Å². The second-order valence-corrected chi connectivity index (χ2v) is 12.1. The molecule has 3 saturated heterocycles. The van der Waals surface area contributed by atoms with Gasteiger partial charge in [-0.3, -0.25) is 14.4 Å². The molecule has 7 atom stereocenters. The zero-order valence-electron chi connectivity index (χ0n) is 25.1. The quantitative estimate of drug-likeness (QED) is 0.343. The summed E-state index contributed by atoms with van der Waals surface area (Å²) in [6.07, 6.45) is 6.93. The number of likely N-dealkylation sites (tertiary alicyclic amines) is 1. The molecule has 4 rings (SSSR count). The van der Waals surface area contributed by atoms with Gasteiger partial charge in [-0.2, -0.15) is 0 Å². The molecule has 8 nitrogen and oxygen atoms in total. The smallest absolute Gasteiger partial charge is 0.248 e. The van der Waals surface area contributed by atoms with Crippen molar-refractivity contribution < 1.29 is 24.2 Å². The van der Waals surface area contributed by atoms with Gasteiger partial charge in [-0.05, 0) is 45.1 Å². The van der Waals surface area contributed by atoms with Gasteiger partial charge < -0.3 is 24.5 Å². The topological polar surface area (TPSA) is 90.4 Å². The van der Waals surface area contributed by atoms with Crippen LogP contribution in [0.1, 0.15) is 71.4 Å². The lowest BCUT2D eigenvalue weighted by molar-refractivity contribution is -0.157. The average molecular weight is 566 g/mol. The summed E-state index contributed by atoms with van der Waals surface area (Å²) < 4.78 is 6.85. The second-order valence-electron chi connectivity index (χ2n) is 12.1. The Balaban J connectivity index is 1.87. The van der Waals surface area contributed by atoms with Crippen LogP contribution in [-0.4, -0.2) is 87.1 Å². The molecule has 3 aliphatic rings. The van der Waals surface area contributed by atoms with Crippen LogP contribution in [0.5, 0.6) is 0 Å². The molecule has 0 radical (unpaired) electrons. The lowest BCUT2D eigenvalue weighted by atomic mass is 9.66. The maximum Gasteiger partial charge on any atom is 0.248 e. The van der Waals surface area contributed by atoms with Gasteiger partial charge in [0.25, 0.3) is 0 Å². The zero-order valence-corrected chi connectivity index (χ0v) is 25.1. The number of hydrogen-bond donors (Lipinski definition) is 1. The highest BCUT2D eigenvalue weighted by atomic mass is 16.5. The van der Waals surface area contributed by atoms with Crippen LogP contribution >= 0.6 is 0 Å². The maximum absolute atomic E-state index is 14.7. The van der Waals surface area contributed by atoms with Crippen LogP contribution in [0.3, 0.4) is 0 Å². The molecule has 224 valence electrons. The van der Waals surface area contributed by atoms with Crippen molar-refractivity contribution in [3.05, 3.63) is 61.2 Å². The first kappa shape index (κ1) is 31.0. The molecule has 1 N–H and O–H groups in total. The monoisotopic (exact) mass is 565 g/mol. The van der Waals surface area contributed by atoms with Crippen LogP contribution in [0.15, 0.2) is 55.6 Å². The van der Waals surface area contributed by atoms with Crippen molar-refractivity contribution in [1.82, 2.24) is 14.7 Å². The van der Waals surface area contributed by atoms with Gasteiger partial charge in [0.1, 0.15) is 11.6 Å². The zero-order chi connectivity index (χ0) is 29.9. The van der Waals surface area contributed by atoms with Gasteiger partial charge >= 0.3 is 0 Å². The molecule has 3 unspecified atom stereocenters. The average Bonchev–Trinajstić information content (AvgIpc) is 3.53. The van der Waals surface area contributed by atoms with Crippen molar-refractivity contribution in [1.29, 1.82) is 0 Å². The first-order valence-electron chi connectivity index (χ1n) is 15.1. The molecular weight excluding hydrogens is 518 g/mol. The van der Waals surface area contributed by atoms with Crippen molar-refractivity contribution in [2.75, 3.05) is 26.2 Å². The summed E-state index contributed by atoms with van der Waals surface area (Å²) in [6, 6.07) is 7.49. The number of aliphatic hydroxyl groups is 1. The van der Waals surface area contributed by atoms with E-state index in [0.717, 1.165) is 24.8 Å². The van der Waals surface area contributed by atoms with Crippen molar-refractivity contribution in [3.8, 4) is 0 Å². The summed E-state index contributed by atoms with van der Waals surface area (Å²) in [5.41, 5.74) is -1.30. The van der Waals surface area contributed by atoms with Gasteiger partial charge in [-0.1, -0.05) is 62.8 Å². The fourth-order valence-corrected chi connectivity index (χ4v) is 7.66. The minimum atomic E-state index is -1.16. The highest BCUT2D eigenvalue weighted by Gasteiger charge is 2.79. The second kappa shape index (κ2) is 12.5. The molecule has 1 spiro atoms. The number of rotatable bonds is 14. The van der Waals surface area contributed by atoms with Crippen LogP contribution in [-0.2, 0) is 19.1 Å². The van der Waals surface area contributed by atoms with E-state index in [-0.39, 0.29) is 30.4 Å². The van der Waals surface area contributed by atoms with Crippen LogP contribution < -0.4 is 0 Å². The van der Waals surface area contributed by atoms with Crippen LogP contribution in [0.2, 0.25) is 0 Å². The van der Waals surface area contributed by atoms with E-state index in [4.69, 9.17) is 4.74 Å². The summed E-state index contributed by atoms with van der Waals surface area (Å²) >= 11 is 0. The Morgan fingerprint density at radius 1 is 1.12 bits per heavy atom. The highest BCUT2D eigenvalue weighted by Crippen LogP contribution is 2.64. The lowest BCUT2D eigenvalue weighted by Gasteiger charge is -2.41. The Morgan fingerprint density at radius 3 is 2.39 bits per heavy atom. The molecule has 0 aliphatic carbocycles. The van der Waals surface area contributed by atoms with Crippen molar-refractivity contribution in [3.63, 3.8) is 0 Å². The number of carbonyl (C=O) groups is 3. The molecule has 3 aliphatic heterocycles. The third kappa shape index (κ3) is 5.14. The predicted molar refractivity (Wildman–Crippen MR) is 159 cm³/mol. The van der Waals surface area contributed by atoms with E-state index < -0.39 is 35.1 Å². The summed E-state index contributed by atoms with van der Waals surface area (Å²) in [4.78, 5) is 48.7. The number of fused-ring (bicyclic) bond motifs is 1. The Hall–Kier alpha value is -2.97. The van der Waals surface area contributed by atoms with E-state index in [1.165, 1.54) is 0 Å². The first-order valence-corrected chi connectivity index (χ1v) is 15.1. The fraction of sp³-hybridized carbons (Fsp3) is 0.606. The molecule has 3 heterocycles. The Labute approximate surface area is 245 Å². The van der Waals surface area contributed by atoms with Gasteiger partial charge in [0.05, 0.1) is 30.1 Å². The summed E-state index contributed by atoms with van der Waals surface area (Å²) in [5, 5.41) is 10.7. The molecular formula is C33H47N3O5. The third-order valence-electron chi connectivity index (χ3n) is 9.41. The van der Waals surface area contributed by atoms with Gasteiger partial charge in [-0.25, -0.2) is 0 Å². The number of ether oxygens (including phenoxy) is 1. The molecule has 1 aromatic carbocycles. The number of benzene rings is 1. The molecule has 41 heavy (non-hydrogen) atoms. The lowest BCUT2D eigenvalue weighted by Crippen LogP contribution is -2.58. The number of amides is 3. The molecule has 8 heteroatoms. The Bertz CT molecular complexity index is 1140. The number of aliphatic hydroxyl groups excluding tert-OH is 1. The molecule has 0 aromatic heterocycles. The van der Waals surface area contributed by atoms with Crippen LogP contribution in [0, 0.1) is 11.8 Å². The molecule has 3 fully saturated rings. The first-order chi connectivity index (χ1) is 19.6. The van der Waals surface area contributed by atoms with Crippen LogP contribution in [0.4, 0.5) is 0 Å². The predicted octanol–water partition coefficient (Wildman–Crippen LogP) is 4.11. The van der Waals surface area contributed by atoms with Crippen LogP contribution in [0.25, 0.3) is 0 Å². The van der Waals surface area contributed by atoms with Crippen molar-refractivity contribution in [2.45, 2.75) is 89.1 Å². The van der Waals surface area contributed by atoms with Crippen molar-refractivity contribution in [2.24, 2.45) is 11.8 Å². The van der Waals surface area contributed by atoms with E-state index in [9.17, 15) is 19.5 Å². The highest BCUT2D eigenvalue weighted by molar-refractivity contribution is 5.99. The van der Waals surface area contributed by atoms with E-state index in [1.807, 2.05) is 51.1 Å². The van der Waals surface area contributed by atoms with Gasteiger partial charge in [0.15, 0.2) is 0 Å². The van der Waals surface area contributed by atoms with E-state index >= 15 is 0 Å². The molecule has 1 aromatic rings. The number of nitrogens with zero attached hydrogens (tertiary/aromatic N) is 3. The third-order valence-corrected chi connectivity index (χ3v) is 9.41. The summed E-state index contributed by atoms with van der Waals surface area (Å²) in [5.74, 6) is -2.21. The Kier molecular flexibility index (Phi) is 9.44. The van der Waals surface area contributed by atoms with Gasteiger partial charge in [0.2, 0.25) is 17.7 Å². The fourth-order valence-electron chi connectivity index (χ4n) is 7.66. The maximum atomic E-state index is 14.7. The van der Waals surface area contributed by atoms with Gasteiger partial charge in [0, 0.05) is 25.7 Å². The largest absolute Gasteiger partial charge is 0.394 e. The molecule has 0 saturated carbocycles. The summed E-state index contributed by atoms with van der Waals surface area (Å²) in [6.45, 7) is 16.6. The normalized spacial score (nSPS) is 29.6. The molecule has 3 amide bonds. The standard InChI is InChI=1S/C33H47N3O5/c1-7-14-23(5)35(21-10-4)31(40)28-33-18-17-32(6,41-33)26(29(38)34(19-8-2)20-9-3)27(33)30(39)36(28)25(22-37)24-15-12-11-13-16-24/h8,10-13,15-16,23,25-28,37H,2,4,7,9,14,17-22H2,1,3,5-6H3/t23?,25-,26+,27+,28?,32-,33?/m1/s1. The molecule has 2 bridgehead atoms. The minimum Gasteiger partial charge on any atom is -0.394 e. The summed E-state index contributed by atoms with van der Waals surface area (Å²) in [7, 11) is 0. The number of hydrogen-bond acceptors (Lipinski definition) is 5. The SMILES string of the molecule is C=CCN(CCC)C(=O)[C@@H]1[C@H]2C(=O)N([C@H](CO)c3ccccc3)C(C(=O)N(CC=C)C(C)CCC)C23CC[C@@]1(C)O3. The van der Waals surface area contributed by atoms with E-state index in [0.29, 0.717) is 32.5 Å². The van der Waals surface area contributed by atoms with E-state index in [1.54, 1.807) is 26.9 Å². The Morgan fingerprint density at radius 2 is 1.80 bits per heavy atom. The van der Waals surface area contributed by atoms with Crippen molar-refractivity contribution >= 4 is 17.7 Å². The minimum absolute atomic E-state index is 0.0820. The number of carbonyl (C=O) groups excluding carboxylic acids is 3.